The molecule has 1 fully saturated rings. The van der Waals surface area contributed by atoms with Crippen LogP contribution in [0, 0.1) is 0 Å². The lowest BCUT2D eigenvalue weighted by Gasteiger charge is -2.36. The van der Waals surface area contributed by atoms with Crippen LogP contribution in [0.2, 0.25) is 0 Å². The highest BCUT2D eigenvalue weighted by molar-refractivity contribution is 5.85. The van der Waals surface area contributed by atoms with Crippen LogP contribution in [0.3, 0.4) is 0 Å². The minimum atomic E-state index is 0. The number of piperazine rings is 1. The van der Waals surface area contributed by atoms with E-state index in [1.165, 1.54) is 11.1 Å². The van der Waals surface area contributed by atoms with Gasteiger partial charge in [-0.15, -0.1) is 12.4 Å². The molecule has 1 aliphatic rings. The summed E-state index contributed by atoms with van der Waals surface area (Å²) >= 11 is 0. The fourth-order valence-electron chi connectivity index (χ4n) is 2.81. The van der Waals surface area contributed by atoms with Crippen LogP contribution in [0.4, 0.5) is 0 Å². The molecule has 1 N–H and O–H groups in total. The quantitative estimate of drug-likeness (QED) is 0.939. The van der Waals surface area contributed by atoms with Gasteiger partial charge in [-0.05, 0) is 25.5 Å². The average molecular weight is 322 g/mol. The van der Waals surface area contributed by atoms with Gasteiger partial charge in [-0.2, -0.15) is 5.10 Å². The normalized spacial score (nSPS) is 19.1. The van der Waals surface area contributed by atoms with Crippen LogP contribution >= 0.6 is 12.4 Å². The van der Waals surface area contributed by atoms with Crippen LogP contribution < -0.4 is 5.32 Å². The monoisotopic (exact) mass is 321 g/mol. The number of pyridine rings is 1. The largest absolute Gasteiger partial charge is 0.314 e. The van der Waals surface area contributed by atoms with Gasteiger partial charge in [0.2, 0.25) is 0 Å². The fraction of sp³-hybridized carbons (Fsp3) is 0.500. The van der Waals surface area contributed by atoms with E-state index in [1.54, 1.807) is 0 Å². The van der Waals surface area contributed by atoms with E-state index in [-0.39, 0.29) is 12.4 Å². The van der Waals surface area contributed by atoms with Crippen molar-refractivity contribution < 1.29 is 0 Å². The maximum Gasteiger partial charge on any atom is 0.0534 e. The van der Waals surface area contributed by atoms with Gasteiger partial charge in [0.05, 0.1) is 6.20 Å². The topological polar surface area (TPSA) is 46.0 Å². The highest BCUT2D eigenvalue weighted by atomic mass is 35.5. The zero-order chi connectivity index (χ0) is 14.7. The predicted molar refractivity (Wildman–Crippen MR) is 90.1 cm³/mol. The van der Waals surface area contributed by atoms with Crippen molar-refractivity contribution in [2.45, 2.75) is 32.5 Å². The first-order valence-corrected chi connectivity index (χ1v) is 7.62. The van der Waals surface area contributed by atoms with Crippen molar-refractivity contribution in [3.05, 3.63) is 48.0 Å². The molecule has 0 saturated carbocycles. The second kappa shape index (κ2) is 7.72. The Morgan fingerprint density at radius 3 is 2.91 bits per heavy atom. The van der Waals surface area contributed by atoms with Gasteiger partial charge in [0, 0.05) is 62.4 Å². The van der Waals surface area contributed by atoms with E-state index in [9.17, 15) is 0 Å². The van der Waals surface area contributed by atoms with Gasteiger partial charge < -0.3 is 5.32 Å². The van der Waals surface area contributed by atoms with Gasteiger partial charge in [0.1, 0.15) is 0 Å². The first-order chi connectivity index (χ1) is 10.2. The van der Waals surface area contributed by atoms with Crippen molar-refractivity contribution in [3.8, 4) is 0 Å². The van der Waals surface area contributed by atoms with Gasteiger partial charge in [-0.1, -0.05) is 6.07 Å². The van der Waals surface area contributed by atoms with E-state index in [4.69, 9.17) is 0 Å². The van der Waals surface area contributed by atoms with Crippen molar-refractivity contribution in [2.24, 2.45) is 0 Å². The molecule has 1 atom stereocenters. The highest BCUT2D eigenvalue weighted by Crippen LogP contribution is 2.23. The number of halogens is 1. The molecule has 2 aromatic rings. The van der Waals surface area contributed by atoms with Crippen LogP contribution in [0.5, 0.6) is 0 Å². The zero-order valence-electron chi connectivity index (χ0n) is 13.1. The van der Waals surface area contributed by atoms with Gasteiger partial charge in [0.25, 0.3) is 0 Å². The molecule has 1 unspecified atom stereocenters. The van der Waals surface area contributed by atoms with E-state index in [0.717, 1.165) is 26.2 Å². The Morgan fingerprint density at radius 2 is 2.23 bits per heavy atom. The molecule has 6 heteroatoms. The first-order valence-electron chi connectivity index (χ1n) is 7.62. The molecule has 0 amide bonds. The third-order valence-corrected chi connectivity index (χ3v) is 3.99. The maximum atomic E-state index is 4.44. The number of aromatic nitrogens is 3. The molecule has 1 saturated heterocycles. The van der Waals surface area contributed by atoms with Crippen molar-refractivity contribution in [1.29, 1.82) is 0 Å². The molecule has 1 aliphatic heterocycles. The number of hydrogen-bond donors (Lipinski definition) is 1. The van der Waals surface area contributed by atoms with E-state index in [0.29, 0.717) is 12.1 Å². The first kappa shape index (κ1) is 16.9. The molecule has 3 heterocycles. The average Bonchev–Trinajstić information content (AvgIpc) is 2.98. The zero-order valence-corrected chi connectivity index (χ0v) is 14.0. The van der Waals surface area contributed by atoms with Crippen molar-refractivity contribution in [1.82, 2.24) is 25.0 Å². The lowest BCUT2D eigenvalue weighted by molar-refractivity contribution is 0.153. The molecule has 120 valence electrons. The summed E-state index contributed by atoms with van der Waals surface area (Å²) in [5.41, 5.74) is 2.56. The summed E-state index contributed by atoms with van der Waals surface area (Å²) in [6.07, 6.45) is 7.95. The van der Waals surface area contributed by atoms with E-state index in [2.05, 4.69) is 46.4 Å². The standard InChI is InChI=1S/C16H23N5.ClH/c1-13(2)21-12-14(8-19-21)11-20-7-6-18-10-16(20)15-4-3-5-17-9-15;/h3-5,8-9,12-13,16,18H,6-7,10-11H2,1-2H3;1H. The molecule has 0 aromatic carbocycles. The van der Waals surface area contributed by atoms with Crippen molar-refractivity contribution in [3.63, 3.8) is 0 Å². The molecule has 0 bridgehead atoms. The molecular weight excluding hydrogens is 298 g/mol. The van der Waals surface area contributed by atoms with Crippen molar-refractivity contribution >= 4 is 12.4 Å². The summed E-state index contributed by atoms with van der Waals surface area (Å²) in [6.45, 7) is 8.31. The number of hydrogen-bond acceptors (Lipinski definition) is 4. The summed E-state index contributed by atoms with van der Waals surface area (Å²) in [7, 11) is 0. The molecule has 5 nitrogen and oxygen atoms in total. The second-order valence-corrected chi connectivity index (χ2v) is 5.90. The second-order valence-electron chi connectivity index (χ2n) is 5.90. The molecule has 22 heavy (non-hydrogen) atoms. The van der Waals surface area contributed by atoms with Crippen LogP contribution in [0.25, 0.3) is 0 Å². The van der Waals surface area contributed by atoms with E-state index >= 15 is 0 Å². The van der Waals surface area contributed by atoms with Crippen LogP contribution in [-0.4, -0.2) is 39.3 Å². The Hall–Kier alpha value is -1.43. The van der Waals surface area contributed by atoms with Gasteiger partial charge in [-0.3, -0.25) is 14.6 Å². The van der Waals surface area contributed by atoms with Gasteiger partial charge >= 0.3 is 0 Å². The third kappa shape index (κ3) is 3.85. The highest BCUT2D eigenvalue weighted by Gasteiger charge is 2.24. The summed E-state index contributed by atoms with van der Waals surface area (Å²) in [5.74, 6) is 0. The SMILES string of the molecule is CC(C)n1cc(CN2CCNCC2c2cccnc2)cn1.Cl. The number of rotatable bonds is 4. The smallest absolute Gasteiger partial charge is 0.0534 e. The minimum Gasteiger partial charge on any atom is -0.314 e. The molecule has 0 aliphatic carbocycles. The summed E-state index contributed by atoms with van der Waals surface area (Å²) in [4.78, 5) is 6.77. The molecule has 3 rings (SSSR count). The molecule has 0 radical (unpaired) electrons. The Kier molecular flexibility index (Phi) is 5.94. The Bertz CT molecular complexity index is 569. The lowest BCUT2D eigenvalue weighted by atomic mass is 10.0. The molecular formula is C16H24ClN5. The summed E-state index contributed by atoms with van der Waals surface area (Å²) < 4.78 is 2.02. The number of nitrogens with zero attached hydrogens (tertiary/aromatic N) is 4. The third-order valence-electron chi connectivity index (χ3n) is 3.99. The maximum absolute atomic E-state index is 4.44. The fourth-order valence-corrected chi connectivity index (χ4v) is 2.81. The van der Waals surface area contributed by atoms with E-state index < -0.39 is 0 Å². The minimum absolute atomic E-state index is 0. The van der Waals surface area contributed by atoms with Crippen LogP contribution in [0.1, 0.15) is 37.1 Å². The Labute approximate surface area is 138 Å². The van der Waals surface area contributed by atoms with Crippen molar-refractivity contribution in [2.75, 3.05) is 19.6 Å². The van der Waals surface area contributed by atoms with Gasteiger partial charge in [-0.25, -0.2) is 0 Å². The lowest BCUT2D eigenvalue weighted by Crippen LogP contribution is -2.45. The Balaban J connectivity index is 0.00000176. The predicted octanol–water partition coefficient (Wildman–Crippen LogP) is 2.43. The van der Waals surface area contributed by atoms with Crippen LogP contribution in [0.15, 0.2) is 36.9 Å². The van der Waals surface area contributed by atoms with E-state index in [1.807, 2.05) is 29.3 Å². The van der Waals surface area contributed by atoms with Crippen LogP contribution in [-0.2, 0) is 6.54 Å². The molecule has 2 aromatic heterocycles. The van der Waals surface area contributed by atoms with Gasteiger partial charge in [0.15, 0.2) is 0 Å². The summed E-state index contributed by atoms with van der Waals surface area (Å²) in [6, 6.07) is 4.97. The Morgan fingerprint density at radius 1 is 1.36 bits per heavy atom. The molecule has 0 spiro atoms. The summed E-state index contributed by atoms with van der Waals surface area (Å²) in [5, 5.41) is 7.92. The number of nitrogens with one attached hydrogen (secondary N) is 1.